The predicted molar refractivity (Wildman–Crippen MR) is 43.1 cm³/mol. The van der Waals surface area contributed by atoms with Crippen molar-refractivity contribution < 1.29 is 14.6 Å². The molecule has 0 aromatic heterocycles. The fourth-order valence-corrected chi connectivity index (χ4v) is 1.67. The Labute approximate surface area is 70.5 Å². The summed E-state index contributed by atoms with van der Waals surface area (Å²) in [4.78, 5) is 0. The van der Waals surface area contributed by atoms with Gasteiger partial charge in [0.2, 0.25) is 0 Å². The van der Waals surface area contributed by atoms with Gasteiger partial charge in [-0.3, -0.25) is 0 Å². The summed E-state index contributed by atoms with van der Waals surface area (Å²) < 4.78 is 9.96. The Morgan fingerprint density at radius 3 is 2.27 bits per heavy atom. The minimum absolute atomic E-state index is 0.00680. The number of methoxy groups -OCH3 is 2. The summed E-state index contributed by atoms with van der Waals surface area (Å²) in [5.41, 5.74) is 0. The highest BCUT2D eigenvalue weighted by atomic mass is 28.2. The molecule has 0 aliphatic heterocycles. The first-order chi connectivity index (χ1) is 5.24. The van der Waals surface area contributed by atoms with Crippen LogP contribution in [0.4, 0.5) is 0 Å². The van der Waals surface area contributed by atoms with Crippen LogP contribution in [0.15, 0.2) is 0 Å². The van der Waals surface area contributed by atoms with E-state index in [1.165, 1.54) is 0 Å². The van der Waals surface area contributed by atoms with Crippen LogP contribution in [0.25, 0.3) is 0 Å². The van der Waals surface area contributed by atoms with Gasteiger partial charge in [-0.05, 0) is 5.92 Å². The monoisotopic (exact) mass is 175 g/mol. The molecule has 0 aliphatic carbocycles. The third kappa shape index (κ3) is 5.38. The lowest BCUT2D eigenvalue weighted by molar-refractivity contribution is -0.0445. The van der Waals surface area contributed by atoms with E-state index in [-0.39, 0.29) is 18.4 Å². The van der Waals surface area contributed by atoms with E-state index >= 15 is 0 Å². The molecular formula is C7H15O3Si. The van der Waals surface area contributed by atoms with Gasteiger partial charge in [0.1, 0.15) is 15.4 Å². The average molecular weight is 175 g/mol. The molecule has 1 atom stereocenters. The van der Waals surface area contributed by atoms with Gasteiger partial charge in [0.05, 0.1) is 6.61 Å². The van der Waals surface area contributed by atoms with Crippen LogP contribution in [-0.2, 0) is 14.6 Å². The predicted octanol–water partition coefficient (Wildman–Crippen LogP) is 0.752. The van der Waals surface area contributed by atoms with Gasteiger partial charge in [0.15, 0.2) is 0 Å². The highest BCUT2D eigenvalue weighted by molar-refractivity contribution is 6.36. The van der Waals surface area contributed by atoms with Gasteiger partial charge < -0.3 is 9.47 Å². The molecular weight excluding hydrogens is 160 g/mol. The van der Waals surface area contributed by atoms with Crippen LogP contribution in [0.1, 0.15) is 6.92 Å². The van der Waals surface area contributed by atoms with Crippen molar-refractivity contribution in [2.45, 2.75) is 18.9 Å². The molecule has 0 spiro atoms. The quantitative estimate of drug-likeness (QED) is 0.441. The molecule has 0 amide bonds. The standard InChI is InChI=1S/C7H15O3Si/c1-6(4-8)5-11-7(9-2)10-3/h6-7H,4-5H2,1-3H3. The van der Waals surface area contributed by atoms with Gasteiger partial charge in [-0.1, -0.05) is 13.0 Å². The molecule has 0 fully saturated rings. The highest BCUT2D eigenvalue weighted by Gasteiger charge is 2.09. The Morgan fingerprint density at radius 2 is 1.91 bits per heavy atom. The van der Waals surface area contributed by atoms with Crippen molar-refractivity contribution in [3.8, 4) is 0 Å². The first kappa shape index (κ1) is 11.1. The largest absolute Gasteiger partial charge is 0.360 e. The first-order valence-electron chi connectivity index (χ1n) is 3.61. The van der Waals surface area contributed by atoms with E-state index in [9.17, 15) is 5.11 Å². The second-order valence-corrected chi connectivity index (χ2v) is 3.77. The smallest absolute Gasteiger partial charge is 0.136 e. The lowest BCUT2D eigenvalue weighted by Crippen LogP contribution is -2.23. The van der Waals surface area contributed by atoms with E-state index in [1.54, 1.807) is 14.2 Å². The molecule has 0 saturated carbocycles. The number of rotatable bonds is 6. The van der Waals surface area contributed by atoms with E-state index in [4.69, 9.17) is 9.47 Å². The summed E-state index contributed by atoms with van der Waals surface area (Å²) in [6.07, 6.45) is 0. The van der Waals surface area contributed by atoms with E-state index in [2.05, 4.69) is 0 Å². The number of ether oxygens (including phenoxy) is 2. The van der Waals surface area contributed by atoms with Gasteiger partial charge in [0.25, 0.3) is 0 Å². The maximum atomic E-state index is 10.3. The van der Waals surface area contributed by atoms with E-state index in [0.29, 0.717) is 9.52 Å². The molecule has 0 aliphatic rings. The van der Waals surface area contributed by atoms with Crippen molar-refractivity contribution in [1.29, 1.82) is 0 Å². The fourth-order valence-electron chi connectivity index (χ4n) is 0.619. The van der Waals surface area contributed by atoms with Gasteiger partial charge in [-0.25, -0.2) is 5.11 Å². The SMILES string of the molecule is COC(OC)[Si]CC(C)C[O]. The third-order valence-electron chi connectivity index (χ3n) is 1.35. The Kier molecular flexibility index (Phi) is 6.85. The van der Waals surface area contributed by atoms with Crippen molar-refractivity contribution in [3.63, 3.8) is 0 Å². The van der Waals surface area contributed by atoms with Crippen LogP contribution in [0, 0.1) is 5.92 Å². The van der Waals surface area contributed by atoms with Crippen LogP contribution in [-0.4, -0.2) is 36.3 Å². The molecule has 65 valence electrons. The Hall–Kier alpha value is 0.0969. The van der Waals surface area contributed by atoms with Crippen LogP contribution in [0.3, 0.4) is 0 Å². The normalized spacial score (nSPS) is 13.9. The topological polar surface area (TPSA) is 38.4 Å². The van der Waals surface area contributed by atoms with Crippen LogP contribution >= 0.6 is 0 Å². The summed E-state index contributed by atoms with van der Waals surface area (Å²) >= 11 is 0. The van der Waals surface area contributed by atoms with Crippen molar-refractivity contribution >= 4 is 9.52 Å². The lowest BCUT2D eigenvalue weighted by atomic mass is 10.2. The summed E-state index contributed by atoms with van der Waals surface area (Å²) in [6.45, 7) is 1.94. The molecule has 0 heterocycles. The Bertz CT molecular complexity index is 85.8. The molecule has 3 radical (unpaired) electrons. The van der Waals surface area contributed by atoms with Crippen molar-refractivity contribution in [2.75, 3.05) is 20.8 Å². The van der Waals surface area contributed by atoms with Crippen molar-refractivity contribution in [3.05, 3.63) is 0 Å². The molecule has 3 nitrogen and oxygen atoms in total. The molecule has 4 heteroatoms. The minimum Gasteiger partial charge on any atom is -0.360 e. The van der Waals surface area contributed by atoms with Crippen molar-refractivity contribution in [1.82, 2.24) is 0 Å². The number of hydrogen-bond acceptors (Lipinski definition) is 2. The van der Waals surface area contributed by atoms with Gasteiger partial charge in [0, 0.05) is 14.2 Å². The number of hydrogen-bond donors (Lipinski definition) is 0. The Morgan fingerprint density at radius 1 is 1.36 bits per heavy atom. The van der Waals surface area contributed by atoms with E-state index < -0.39 is 0 Å². The van der Waals surface area contributed by atoms with E-state index in [1.807, 2.05) is 6.92 Å². The molecule has 0 aromatic carbocycles. The maximum absolute atomic E-state index is 10.3. The second-order valence-electron chi connectivity index (χ2n) is 2.48. The molecule has 0 rings (SSSR count). The summed E-state index contributed by atoms with van der Waals surface area (Å²) in [7, 11) is 3.79. The van der Waals surface area contributed by atoms with Crippen LogP contribution in [0.2, 0.25) is 6.04 Å². The molecule has 1 unspecified atom stereocenters. The lowest BCUT2D eigenvalue weighted by Gasteiger charge is -2.13. The maximum Gasteiger partial charge on any atom is 0.136 e. The van der Waals surface area contributed by atoms with Gasteiger partial charge in [-0.15, -0.1) is 0 Å². The summed E-state index contributed by atoms with van der Waals surface area (Å²) in [6, 6.07) is 0.899. The molecule has 11 heavy (non-hydrogen) atoms. The van der Waals surface area contributed by atoms with Crippen LogP contribution < -0.4 is 0 Å². The summed E-state index contributed by atoms with van der Waals surface area (Å²) in [5, 5.41) is 10.3. The molecule has 0 aromatic rings. The molecule has 0 N–H and O–H groups in total. The van der Waals surface area contributed by atoms with Crippen LogP contribution in [0.5, 0.6) is 0 Å². The Balaban J connectivity index is 3.34. The van der Waals surface area contributed by atoms with Gasteiger partial charge >= 0.3 is 0 Å². The van der Waals surface area contributed by atoms with E-state index in [0.717, 1.165) is 6.04 Å². The van der Waals surface area contributed by atoms with Crippen molar-refractivity contribution in [2.24, 2.45) is 5.92 Å². The second kappa shape index (κ2) is 6.79. The highest BCUT2D eigenvalue weighted by Crippen LogP contribution is 2.02. The summed E-state index contributed by atoms with van der Waals surface area (Å²) in [5.74, 6) is 0.116. The zero-order valence-corrected chi connectivity index (χ0v) is 8.29. The van der Waals surface area contributed by atoms with Gasteiger partial charge in [-0.2, -0.15) is 0 Å². The fraction of sp³-hybridized carbons (Fsp3) is 1.00. The third-order valence-corrected chi connectivity index (χ3v) is 3.08. The zero-order valence-electron chi connectivity index (χ0n) is 7.29. The first-order valence-corrected chi connectivity index (χ1v) is 4.90. The molecule has 0 saturated heterocycles. The average Bonchev–Trinajstić information content (AvgIpc) is 2.06. The zero-order chi connectivity index (χ0) is 8.69. The molecule has 0 bridgehead atoms. The minimum atomic E-state index is -0.121.